The van der Waals surface area contributed by atoms with Crippen LogP contribution in [-0.4, -0.2) is 31.4 Å². The number of benzene rings is 1. The van der Waals surface area contributed by atoms with Crippen LogP contribution in [0.15, 0.2) is 47.1 Å². The minimum atomic E-state index is -4.54. The molecule has 6 nitrogen and oxygen atoms in total. The van der Waals surface area contributed by atoms with Crippen LogP contribution in [-0.2, 0) is 27.5 Å². The molecule has 0 aliphatic heterocycles. The number of rotatable bonds is 6. The second-order valence-corrected chi connectivity index (χ2v) is 7.22. The van der Waals surface area contributed by atoms with Crippen molar-refractivity contribution >= 4 is 21.6 Å². The minimum absolute atomic E-state index is 0.0775. The van der Waals surface area contributed by atoms with E-state index in [-0.39, 0.29) is 12.2 Å². The van der Waals surface area contributed by atoms with Gasteiger partial charge in [0.15, 0.2) is 0 Å². The molecule has 2 aromatic rings. The maximum Gasteiger partial charge on any atom is 0.416 e. The zero-order valence-corrected chi connectivity index (χ0v) is 13.9. The van der Waals surface area contributed by atoms with Crippen LogP contribution < -0.4 is 5.32 Å². The number of nitrogens with zero attached hydrogens (tertiary/aromatic N) is 1. The summed E-state index contributed by atoms with van der Waals surface area (Å²) in [5.74, 6) is -0.436. The minimum Gasteiger partial charge on any atom is -0.468 e. The molecule has 10 heteroatoms. The van der Waals surface area contributed by atoms with E-state index < -0.39 is 34.2 Å². The SMILES string of the molecule is CS(=O)(=O)N(CC(=O)Nc1cccc(C(F)(F)F)c1)Cc1ccco1. The number of hydrogen-bond acceptors (Lipinski definition) is 4. The van der Waals surface area contributed by atoms with Gasteiger partial charge in [0.2, 0.25) is 15.9 Å². The molecule has 0 fully saturated rings. The van der Waals surface area contributed by atoms with Gasteiger partial charge in [-0.15, -0.1) is 0 Å². The Morgan fingerprint density at radius 2 is 1.96 bits per heavy atom. The van der Waals surface area contributed by atoms with Crippen molar-refractivity contribution in [1.82, 2.24) is 4.31 Å². The van der Waals surface area contributed by atoms with E-state index in [2.05, 4.69) is 5.32 Å². The van der Waals surface area contributed by atoms with Gasteiger partial charge in [0, 0.05) is 5.69 Å². The maximum atomic E-state index is 12.7. The quantitative estimate of drug-likeness (QED) is 0.841. The first-order valence-electron chi connectivity index (χ1n) is 7.00. The van der Waals surface area contributed by atoms with E-state index in [1.807, 2.05) is 0 Å². The van der Waals surface area contributed by atoms with E-state index in [1.165, 1.54) is 12.3 Å². The molecule has 1 amide bonds. The fourth-order valence-corrected chi connectivity index (χ4v) is 2.71. The number of carbonyl (C=O) groups excluding carboxylic acids is 1. The number of halogens is 3. The molecule has 136 valence electrons. The average molecular weight is 376 g/mol. The summed E-state index contributed by atoms with van der Waals surface area (Å²) in [5, 5.41) is 2.26. The Bertz CT molecular complexity index is 833. The van der Waals surface area contributed by atoms with Crippen LogP contribution in [0.2, 0.25) is 0 Å². The van der Waals surface area contributed by atoms with Gasteiger partial charge in [0.05, 0.1) is 31.2 Å². The molecule has 1 heterocycles. The van der Waals surface area contributed by atoms with E-state index in [9.17, 15) is 26.4 Å². The van der Waals surface area contributed by atoms with Gasteiger partial charge < -0.3 is 9.73 Å². The Hall–Kier alpha value is -2.33. The Kier molecular flexibility index (Phi) is 5.53. The summed E-state index contributed by atoms with van der Waals surface area (Å²) in [5.41, 5.74) is -0.993. The highest BCUT2D eigenvalue weighted by Crippen LogP contribution is 2.30. The van der Waals surface area contributed by atoms with Crippen LogP contribution in [0.4, 0.5) is 18.9 Å². The molecule has 0 bridgehead atoms. The molecular weight excluding hydrogens is 361 g/mol. The zero-order chi connectivity index (χ0) is 18.7. The lowest BCUT2D eigenvalue weighted by molar-refractivity contribution is -0.137. The molecule has 0 saturated heterocycles. The maximum absolute atomic E-state index is 12.7. The third-order valence-corrected chi connectivity index (χ3v) is 4.37. The third kappa shape index (κ3) is 5.61. The summed E-state index contributed by atoms with van der Waals surface area (Å²) >= 11 is 0. The number of hydrogen-bond donors (Lipinski definition) is 1. The zero-order valence-electron chi connectivity index (χ0n) is 13.1. The summed E-state index contributed by atoms with van der Waals surface area (Å²) < 4.78 is 67.5. The van der Waals surface area contributed by atoms with Gasteiger partial charge in [0.1, 0.15) is 5.76 Å². The lowest BCUT2D eigenvalue weighted by atomic mass is 10.2. The van der Waals surface area contributed by atoms with E-state index in [4.69, 9.17) is 4.42 Å². The summed E-state index contributed by atoms with van der Waals surface area (Å²) in [6, 6.07) is 7.19. The third-order valence-electron chi connectivity index (χ3n) is 3.17. The molecule has 25 heavy (non-hydrogen) atoms. The normalized spacial score (nSPS) is 12.4. The Morgan fingerprint density at radius 1 is 1.24 bits per heavy atom. The molecule has 2 rings (SSSR count). The Balaban J connectivity index is 2.09. The van der Waals surface area contributed by atoms with Crippen molar-refractivity contribution in [3.8, 4) is 0 Å². The number of anilines is 1. The van der Waals surface area contributed by atoms with Crippen LogP contribution in [0.25, 0.3) is 0 Å². The van der Waals surface area contributed by atoms with Crippen molar-refractivity contribution in [2.45, 2.75) is 12.7 Å². The predicted molar refractivity (Wildman–Crippen MR) is 84.0 cm³/mol. The first-order valence-corrected chi connectivity index (χ1v) is 8.85. The second-order valence-electron chi connectivity index (χ2n) is 5.24. The van der Waals surface area contributed by atoms with Crippen molar-refractivity contribution in [2.24, 2.45) is 0 Å². The fraction of sp³-hybridized carbons (Fsp3) is 0.267. The lowest BCUT2D eigenvalue weighted by Gasteiger charge is -2.18. The average Bonchev–Trinajstić information content (AvgIpc) is 2.98. The summed E-state index contributed by atoms with van der Waals surface area (Å²) in [6.45, 7) is -0.725. The number of nitrogens with one attached hydrogen (secondary N) is 1. The van der Waals surface area contributed by atoms with Gasteiger partial charge in [-0.05, 0) is 30.3 Å². The molecule has 0 spiro atoms. The molecule has 0 atom stereocenters. The topological polar surface area (TPSA) is 79.6 Å². The van der Waals surface area contributed by atoms with Crippen LogP contribution in [0, 0.1) is 0 Å². The highest BCUT2D eigenvalue weighted by Gasteiger charge is 2.30. The van der Waals surface area contributed by atoms with Crippen molar-refractivity contribution in [2.75, 3.05) is 18.1 Å². The predicted octanol–water partition coefficient (Wildman–Crippen LogP) is 2.70. The first-order chi connectivity index (χ1) is 11.6. The van der Waals surface area contributed by atoms with Crippen molar-refractivity contribution in [3.05, 3.63) is 54.0 Å². The van der Waals surface area contributed by atoms with E-state index in [0.717, 1.165) is 28.8 Å². The summed E-state index contributed by atoms with van der Waals surface area (Å²) in [6.07, 6.45) is -2.26. The van der Waals surface area contributed by atoms with E-state index in [1.54, 1.807) is 12.1 Å². The Labute approximate surface area is 142 Å². The first kappa shape index (κ1) is 19.0. The largest absolute Gasteiger partial charge is 0.468 e. The number of furan rings is 1. The fourth-order valence-electron chi connectivity index (χ4n) is 2.00. The number of alkyl halides is 3. The van der Waals surface area contributed by atoms with Crippen LogP contribution in [0.1, 0.15) is 11.3 Å². The van der Waals surface area contributed by atoms with Crippen molar-refractivity contribution in [1.29, 1.82) is 0 Å². The molecule has 0 saturated carbocycles. The highest BCUT2D eigenvalue weighted by molar-refractivity contribution is 7.88. The smallest absolute Gasteiger partial charge is 0.416 e. The highest BCUT2D eigenvalue weighted by atomic mass is 32.2. The van der Waals surface area contributed by atoms with Gasteiger partial charge in [0.25, 0.3) is 0 Å². The second kappa shape index (κ2) is 7.28. The van der Waals surface area contributed by atoms with E-state index >= 15 is 0 Å². The van der Waals surface area contributed by atoms with Gasteiger partial charge in [-0.1, -0.05) is 6.07 Å². The number of amides is 1. The van der Waals surface area contributed by atoms with Crippen molar-refractivity contribution < 1.29 is 30.8 Å². The molecule has 0 unspecified atom stereocenters. The molecule has 1 aromatic heterocycles. The molecule has 1 aromatic carbocycles. The summed E-state index contributed by atoms with van der Waals surface area (Å²) in [4.78, 5) is 12.0. The van der Waals surface area contributed by atoms with Crippen molar-refractivity contribution in [3.63, 3.8) is 0 Å². The molecular formula is C15H15F3N2O4S. The standard InChI is InChI=1S/C15H15F3N2O4S/c1-25(22,23)20(9-13-6-3-7-24-13)10-14(21)19-12-5-2-4-11(8-12)15(16,17)18/h2-8H,9-10H2,1H3,(H,19,21). The van der Waals surface area contributed by atoms with Gasteiger partial charge >= 0.3 is 6.18 Å². The van der Waals surface area contributed by atoms with Crippen LogP contribution in [0.5, 0.6) is 0 Å². The molecule has 1 N–H and O–H groups in total. The van der Waals surface area contributed by atoms with Crippen LogP contribution in [0.3, 0.4) is 0 Å². The number of sulfonamides is 1. The monoisotopic (exact) mass is 376 g/mol. The van der Waals surface area contributed by atoms with Gasteiger partial charge in [-0.2, -0.15) is 17.5 Å². The van der Waals surface area contributed by atoms with Gasteiger partial charge in [-0.25, -0.2) is 8.42 Å². The summed E-state index contributed by atoms with van der Waals surface area (Å²) in [7, 11) is -3.73. The number of carbonyl (C=O) groups is 1. The molecule has 0 radical (unpaired) electrons. The van der Waals surface area contributed by atoms with E-state index in [0.29, 0.717) is 5.76 Å². The van der Waals surface area contributed by atoms with Gasteiger partial charge in [-0.3, -0.25) is 4.79 Å². The van der Waals surface area contributed by atoms with Crippen LogP contribution >= 0.6 is 0 Å². The molecule has 0 aliphatic rings. The molecule has 0 aliphatic carbocycles. The lowest BCUT2D eigenvalue weighted by Crippen LogP contribution is -2.36. The Morgan fingerprint density at radius 3 is 2.52 bits per heavy atom.